The van der Waals surface area contributed by atoms with Gasteiger partial charge in [0.25, 0.3) is 0 Å². The SMILES string of the molecule is Cc1ccc(CCCNC(c2ccccc2)C(N)c2ccccc2)cc1. The van der Waals surface area contributed by atoms with Crippen molar-refractivity contribution in [3.8, 4) is 0 Å². The molecule has 0 radical (unpaired) electrons. The van der Waals surface area contributed by atoms with Crippen LogP contribution in [-0.4, -0.2) is 6.54 Å². The summed E-state index contributed by atoms with van der Waals surface area (Å²) in [7, 11) is 0. The summed E-state index contributed by atoms with van der Waals surface area (Å²) < 4.78 is 0. The molecule has 0 amide bonds. The lowest BCUT2D eigenvalue weighted by atomic mass is 9.94. The summed E-state index contributed by atoms with van der Waals surface area (Å²) in [5.41, 5.74) is 11.7. The van der Waals surface area contributed by atoms with Crippen LogP contribution in [0.2, 0.25) is 0 Å². The Bertz CT molecular complexity index is 766. The second-order valence-corrected chi connectivity index (χ2v) is 6.87. The van der Waals surface area contributed by atoms with Crippen LogP contribution in [0, 0.1) is 6.92 Å². The lowest BCUT2D eigenvalue weighted by Gasteiger charge is -2.26. The zero-order valence-corrected chi connectivity index (χ0v) is 15.4. The highest BCUT2D eigenvalue weighted by molar-refractivity contribution is 5.27. The molecule has 3 N–H and O–H groups in total. The Morgan fingerprint density at radius 2 is 1.35 bits per heavy atom. The van der Waals surface area contributed by atoms with Crippen molar-refractivity contribution in [2.45, 2.75) is 31.8 Å². The Labute approximate surface area is 157 Å². The van der Waals surface area contributed by atoms with E-state index in [4.69, 9.17) is 5.73 Å². The van der Waals surface area contributed by atoms with Crippen LogP contribution in [-0.2, 0) is 6.42 Å². The van der Waals surface area contributed by atoms with Crippen molar-refractivity contribution < 1.29 is 0 Å². The first-order chi connectivity index (χ1) is 12.7. The molecule has 0 saturated carbocycles. The zero-order valence-electron chi connectivity index (χ0n) is 15.4. The highest BCUT2D eigenvalue weighted by Crippen LogP contribution is 2.26. The number of hydrogen-bond donors (Lipinski definition) is 2. The molecule has 0 heterocycles. The topological polar surface area (TPSA) is 38.0 Å². The summed E-state index contributed by atoms with van der Waals surface area (Å²) in [6, 6.07) is 29.7. The Kier molecular flexibility index (Phi) is 6.59. The average Bonchev–Trinajstić information content (AvgIpc) is 2.70. The van der Waals surface area contributed by atoms with E-state index in [-0.39, 0.29) is 12.1 Å². The van der Waals surface area contributed by atoms with E-state index < -0.39 is 0 Å². The van der Waals surface area contributed by atoms with E-state index in [1.54, 1.807) is 0 Å². The molecule has 0 bridgehead atoms. The Morgan fingerprint density at radius 3 is 1.96 bits per heavy atom. The molecule has 2 heteroatoms. The van der Waals surface area contributed by atoms with Gasteiger partial charge in [-0.3, -0.25) is 0 Å². The first-order valence-electron chi connectivity index (χ1n) is 9.38. The van der Waals surface area contributed by atoms with Gasteiger partial charge in [0.05, 0.1) is 6.04 Å². The van der Waals surface area contributed by atoms with Gasteiger partial charge < -0.3 is 11.1 Å². The number of rotatable bonds is 8. The van der Waals surface area contributed by atoms with Gasteiger partial charge in [0.2, 0.25) is 0 Å². The number of nitrogens with two attached hydrogens (primary N) is 1. The van der Waals surface area contributed by atoms with E-state index in [1.807, 2.05) is 12.1 Å². The second-order valence-electron chi connectivity index (χ2n) is 6.87. The Morgan fingerprint density at radius 1 is 0.769 bits per heavy atom. The molecule has 2 unspecified atom stereocenters. The predicted molar refractivity (Wildman–Crippen MR) is 110 cm³/mol. The van der Waals surface area contributed by atoms with Crippen LogP contribution in [0.5, 0.6) is 0 Å². The number of aryl methyl sites for hydroxylation is 2. The lowest BCUT2D eigenvalue weighted by molar-refractivity contribution is 0.449. The van der Waals surface area contributed by atoms with E-state index in [2.05, 4.69) is 85.0 Å². The smallest absolute Gasteiger partial charge is 0.0516 e. The van der Waals surface area contributed by atoms with Crippen LogP contribution in [0.1, 0.15) is 40.8 Å². The third-order valence-corrected chi connectivity index (χ3v) is 4.83. The largest absolute Gasteiger partial charge is 0.322 e. The van der Waals surface area contributed by atoms with E-state index in [0.717, 1.165) is 24.9 Å². The first kappa shape index (κ1) is 18.4. The fraction of sp³-hybridized carbons (Fsp3) is 0.250. The summed E-state index contributed by atoms with van der Waals surface area (Å²) in [5, 5.41) is 3.69. The molecular formula is C24H28N2. The van der Waals surface area contributed by atoms with Crippen molar-refractivity contribution in [2.24, 2.45) is 5.73 Å². The number of benzene rings is 3. The molecule has 0 spiro atoms. The summed E-state index contributed by atoms with van der Waals surface area (Å²) in [6.45, 7) is 3.06. The van der Waals surface area contributed by atoms with Crippen LogP contribution in [0.25, 0.3) is 0 Å². The third kappa shape index (κ3) is 5.04. The fourth-order valence-electron chi connectivity index (χ4n) is 3.29. The molecule has 0 aliphatic heterocycles. The molecule has 3 aromatic rings. The van der Waals surface area contributed by atoms with Crippen LogP contribution >= 0.6 is 0 Å². The summed E-state index contributed by atoms with van der Waals surface area (Å²) >= 11 is 0. The highest BCUT2D eigenvalue weighted by Gasteiger charge is 2.20. The summed E-state index contributed by atoms with van der Waals surface area (Å²) in [5.74, 6) is 0. The van der Waals surface area contributed by atoms with Crippen molar-refractivity contribution in [3.05, 3.63) is 107 Å². The first-order valence-corrected chi connectivity index (χ1v) is 9.38. The van der Waals surface area contributed by atoms with Gasteiger partial charge in [0.15, 0.2) is 0 Å². The maximum atomic E-state index is 6.62. The molecule has 3 rings (SSSR count). The van der Waals surface area contributed by atoms with E-state index >= 15 is 0 Å². The van der Waals surface area contributed by atoms with Gasteiger partial charge in [-0.05, 0) is 43.0 Å². The van der Waals surface area contributed by atoms with Crippen LogP contribution in [0.4, 0.5) is 0 Å². The summed E-state index contributed by atoms with van der Waals surface area (Å²) in [6.07, 6.45) is 2.17. The molecule has 134 valence electrons. The molecule has 2 nitrogen and oxygen atoms in total. The van der Waals surface area contributed by atoms with E-state index in [0.29, 0.717) is 0 Å². The quantitative estimate of drug-likeness (QED) is 0.567. The second kappa shape index (κ2) is 9.33. The zero-order chi connectivity index (χ0) is 18.2. The molecule has 2 atom stereocenters. The van der Waals surface area contributed by atoms with E-state index in [1.165, 1.54) is 16.7 Å². The van der Waals surface area contributed by atoms with Gasteiger partial charge in [0, 0.05) is 6.04 Å². The minimum Gasteiger partial charge on any atom is -0.322 e. The molecule has 26 heavy (non-hydrogen) atoms. The number of nitrogens with one attached hydrogen (secondary N) is 1. The van der Waals surface area contributed by atoms with Crippen LogP contribution in [0.3, 0.4) is 0 Å². The van der Waals surface area contributed by atoms with Gasteiger partial charge in [-0.2, -0.15) is 0 Å². The average molecular weight is 345 g/mol. The van der Waals surface area contributed by atoms with Gasteiger partial charge in [0.1, 0.15) is 0 Å². The van der Waals surface area contributed by atoms with Crippen molar-refractivity contribution >= 4 is 0 Å². The molecule has 0 saturated heterocycles. The van der Waals surface area contributed by atoms with Gasteiger partial charge in [-0.1, -0.05) is 90.5 Å². The monoisotopic (exact) mass is 344 g/mol. The van der Waals surface area contributed by atoms with Gasteiger partial charge in [-0.15, -0.1) is 0 Å². The Balaban J connectivity index is 1.63. The highest BCUT2D eigenvalue weighted by atomic mass is 14.9. The fourth-order valence-corrected chi connectivity index (χ4v) is 3.29. The molecule has 0 fully saturated rings. The minimum absolute atomic E-state index is 0.0713. The van der Waals surface area contributed by atoms with Crippen molar-refractivity contribution in [1.82, 2.24) is 5.32 Å². The minimum atomic E-state index is -0.0713. The van der Waals surface area contributed by atoms with Crippen LogP contribution in [0.15, 0.2) is 84.9 Å². The maximum Gasteiger partial charge on any atom is 0.0516 e. The maximum absolute atomic E-state index is 6.62. The molecule has 0 aromatic heterocycles. The molecule has 0 aliphatic carbocycles. The van der Waals surface area contributed by atoms with Crippen molar-refractivity contribution in [2.75, 3.05) is 6.54 Å². The van der Waals surface area contributed by atoms with Crippen molar-refractivity contribution in [3.63, 3.8) is 0 Å². The molecular weight excluding hydrogens is 316 g/mol. The van der Waals surface area contributed by atoms with Crippen molar-refractivity contribution in [1.29, 1.82) is 0 Å². The van der Waals surface area contributed by atoms with Crippen LogP contribution < -0.4 is 11.1 Å². The summed E-state index contributed by atoms with van der Waals surface area (Å²) in [4.78, 5) is 0. The normalized spacial score (nSPS) is 13.3. The van der Waals surface area contributed by atoms with Gasteiger partial charge in [-0.25, -0.2) is 0 Å². The van der Waals surface area contributed by atoms with E-state index in [9.17, 15) is 0 Å². The molecule has 0 aliphatic rings. The number of hydrogen-bond acceptors (Lipinski definition) is 2. The Hall–Kier alpha value is -2.42. The third-order valence-electron chi connectivity index (χ3n) is 4.83. The molecule has 3 aromatic carbocycles. The lowest BCUT2D eigenvalue weighted by Crippen LogP contribution is -2.32. The standard InChI is InChI=1S/C24H28N2/c1-19-14-16-20(17-15-19)9-8-18-26-24(22-12-6-3-7-13-22)23(25)21-10-4-2-5-11-21/h2-7,10-17,23-24,26H,8-9,18,25H2,1H3. The predicted octanol–water partition coefficient (Wildman–Crippen LogP) is 4.96. The van der Waals surface area contributed by atoms with Gasteiger partial charge >= 0.3 is 0 Å².